The van der Waals surface area contributed by atoms with Gasteiger partial charge < -0.3 is 0 Å². The molecule has 1 heteroatoms. The summed E-state index contributed by atoms with van der Waals surface area (Å²) in [6.07, 6.45) is 4.92. The van der Waals surface area contributed by atoms with Crippen LogP contribution in [0, 0.1) is 0 Å². The van der Waals surface area contributed by atoms with Crippen LogP contribution in [-0.2, 0) is 5.41 Å². The highest BCUT2D eigenvalue weighted by Crippen LogP contribution is 2.49. The Balaban J connectivity index is 2.03. The van der Waals surface area contributed by atoms with Crippen LogP contribution in [0.3, 0.4) is 0 Å². The van der Waals surface area contributed by atoms with Crippen molar-refractivity contribution >= 4 is 6.21 Å². The summed E-state index contributed by atoms with van der Waals surface area (Å²) >= 11 is 0. The summed E-state index contributed by atoms with van der Waals surface area (Å²) in [7, 11) is 2.22. The number of nitrogens with zero attached hydrogens (tertiary/aromatic N) is 1. The van der Waals surface area contributed by atoms with E-state index in [1.54, 1.807) is 0 Å². The Hall–Kier alpha value is -1.89. The minimum atomic E-state index is 0.0847. The molecule has 94 valence electrons. The van der Waals surface area contributed by atoms with E-state index >= 15 is 0 Å². The van der Waals surface area contributed by atoms with Gasteiger partial charge in [0, 0.05) is 12.0 Å². The summed E-state index contributed by atoms with van der Waals surface area (Å²) in [5, 5.41) is 0. The van der Waals surface area contributed by atoms with Crippen molar-refractivity contribution in [1.82, 2.24) is 0 Å². The van der Waals surface area contributed by atoms with Crippen molar-refractivity contribution in [2.24, 2.45) is 0 Å². The fraction of sp³-hybridized carbons (Fsp3) is 0.278. The second kappa shape index (κ2) is 3.80. The first-order valence-corrected chi connectivity index (χ1v) is 7.04. The van der Waals surface area contributed by atoms with Crippen LogP contribution in [-0.4, -0.2) is 17.8 Å². The molecule has 5 rings (SSSR count). The van der Waals surface area contributed by atoms with Crippen LogP contribution in [0.15, 0.2) is 54.6 Å². The minimum absolute atomic E-state index is 0.0847. The average molecular weight is 248 g/mol. The van der Waals surface area contributed by atoms with E-state index in [0.717, 1.165) is 0 Å². The van der Waals surface area contributed by atoms with E-state index in [-0.39, 0.29) is 5.41 Å². The van der Waals surface area contributed by atoms with E-state index in [4.69, 9.17) is 0 Å². The van der Waals surface area contributed by atoms with Crippen LogP contribution >= 0.6 is 0 Å². The van der Waals surface area contributed by atoms with Gasteiger partial charge in [-0.1, -0.05) is 54.6 Å². The molecule has 0 N–H and O–H groups in total. The highest BCUT2D eigenvalue weighted by atomic mass is 15.0. The van der Waals surface area contributed by atoms with Gasteiger partial charge in [-0.3, -0.25) is 0 Å². The van der Waals surface area contributed by atoms with Gasteiger partial charge in [0.05, 0.1) is 5.41 Å². The van der Waals surface area contributed by atoms with Crippen molar-refractivity contribution in [3.05, 3.63) is 71.3 Å². The van der Waals surface area contributed by atoms with Gasteiger partial charge in [-0.2, -0.15) is 0 Å². The third-order valence-corrected chi connectivity index (χ3v) is 4.82. The summed E-state index contributed by atoms with van der Waals surface area (Å²) in [6, 6.07) is 20.5. The zero-order valence-electron chi connectivity index (χ0n) is 11.2. The molecule has 2 bridgehead atoms. The maximum atomic E-state index is 2.44. The van der Waals surface area contributed by atoms with Crippen LogP contribution in [0.5, 0.6) is 0 Å². The zero-order chi connectivity index (χ0) is 12.9. The van der Waals surface area contributed by atoms with Crippen molar-refractivity contribution in [3.63, 3.8) is 0 Å². The van der Waals surface area contributed by atoms with E-state index in [0.29, 0.717) is 6.04 Å². The molecule has 1 nitrogen and oxygen atoms in total. The Kier molecular flexibility index (Phi) is 2.20. The molecule has 2 atom stereocenters. The van der Waals surface area contributed by atoms with Crippen molar-refractivity contribution in [3.8, 4) is 0 Å². The lowest BCUT2D eigenvalue weighted by molar-refractivity contribution is -0.551. The van der Waals surface area contributed by atoms with Gasteiger partial charge in [0.1, 0.15) is 7.05 Å². The molecule has 1 aliphatic carbocycles. The van der Waals surface area contributed by atoms with E-state index in [1.807, 2.05) is 0 Å². The Bertz CT molecular complexity index is 656. The number of benzene rings is 2. The molecule has 0 aromatic heterocycles. The smallest absolute Gasteiger partial charge is 0.177 e. The monoisotopic (exact) mass is 248 g/mol. The molecular formula is C18H18N+. The first kappa shape index (κ1) is 11.0. The Morgan fingerprint density at radius 3 is 2.53 bits per heavy atom. The molecule has 3 aliphatic rings. The van der Waals surface area contributed by atoms with Crippen LogP contribution in [0.1, 0.15) is 35.6 Å². The molecule has 0 saturated carbocycles. The zero-order valence-corrected chi connectivity index (χ0v) is 11.2. The average Bonchev–Trinajstić information content (AvgIpc) is 2.49. The van der Waals surface area contributed by atoms with Gasteiger partial charge in [-0.25, -0.2) is 4.58 Å². The van der Waals surface area contributed by atoms with E-state index in [9.17, 15) is 0 Å². The van der Waals surface area contributed by atoms with E-state index < -0.39 is 0 Å². The molecule has 2 aliphatic heterocycles. The lowest BCUT2D eigenvalue weighted by Gasteiger charge is -2.41. The first-order valence-electron chi connectivity index (χ1n) is 7.04. The van der Waals surface area contributed by atoms with Crippen molar-refractivity contribution in [2.75, 3.05) is 7.05 Å². The Labute approximate surface area is 114 Å². The van der Waals surface area contributed by atoms with Gasteiger partial charge >= 0.3 is 0 Å². The molecule has 0 spiro atoms. The van der Waals surface area contributed by atoms with Gasteiger partial charge in [0.25, 0.3) is 0 Å². The number of hydrogen-bond donors (Lipinski definition) is 0. The fourth-order valence-electron chi connectivity index (χ4n) is 3.95. The lowest BCUT2D eigenvalue weighted by Crippen LogP contribution is -2.45. The summed E-state index contributed by atoms with van der Waals surface area (Å²) in [6.45, 7) is 0. The number of fused-ring (bicyclic) bond motifs is 1. The summed E-state index contributed by atoms with van der Waals surface area (Å²) in [5.41, 5.74) is 4.53. The molecule has 0 amide bonds. The Morgan fingerprint density at radius 1 is 1.00 bits per heavy atom. The molecule has 0 fully saturated rings. The van der Waals surface area contributed by atoms with Gasteiger partial charge in [-0.15, -0.1) is 0 Å². The maximum absolute atomic E-state index is 2.44. The highest BCUT2D eigenvalue weighted by Gasteiger charge is 2.49. The second-order valence-corrected chi connectivity index (χ2v) is 5.77. The molecule has 2 aromatic rings. The predicted octanol–water partition coefficient (Wildman–Crippen LogP) is 3.53. The van der Waals surface area contributed by atoms with Crippen molar-refractivity contribution in [2.45, 2.75) is 24.3 Å². The molecule has 0 saturated heterocycles. The van der Waals surface area contributed by atoms with Crippen LogP contribution < -0.4 is 0 Å². The van der Waals surface area contributed by atoms with E-state index in [2.05, 4.69) is 72.4 Å². The number of rotatable bonds is 1. The second-order valence-electron chi connectivity index (χ2n) is 5.77. The highest BCUT2D eigenvalue weighted by molar-refractivity contribution is 5.79. The molecule has 0 radical (unpaired) electrons. The maximum Gasteiger partial charge on any atom is 0.177 e. The van der Waals surface area contributed by atoms with Crippen molar-refractivity contribution < 1.29 is 4.58 Å². The topological polar surface area (TPSA) is 3.01 Å². The van der Waals surface area contributed by atoms with Crippen LogP contribution in [0.4, 0.5) is 0 Å². The standard InChI is InChI=1S/C18H18N/c1-19-13-18(14-7-3-2-4-8-14)12-11-17(19)15-9-5-6-10-16(15)18/h2-10,13,17H,11-12H2,1H3/q+1. The summed E-state index contributed by atoms with van der Waals surface area (Å²) in [4.78, 5) is 0. The molecular weight excluding hydrogens is 230 g/mol. The van der Waals surface area contributed by atoms with Crippen molar-refractivity contribution in [1.29, 1.82) is 0 Å². The third kappa shape index (κ3) is 1.39. The fourth-order valence-corrected chi connectivity index (χ4v) is 3.95. The lowest BCUT2D eigenvalue weighted by atomic mass is 9.63. The minimum Gasteiger partial charge on any atom is -0.234 e. The molecule has 2 aromatic carbocycles. The Morgan fingerprint density at radius 2 is 1.74 bits per heavy atom. The largest absolute Gasteiger partial charge is 0.234 e. The van der Waals surface area contributed by atoms with Gasteiger partial charge in [-0.05, 0) is 17.5 Å². The van der Waals surface area contributed by atoms with Crippen LogP contribution in [0.25, 0.3) is 0 Å². The molecule has 19 heavy (non-hydrogen) atoms. The quantitative estimate of drug-likeness (QED) is 0.679. The van der Waals surface area contributed by atoms with Gasteiger partial charge in [0.2, 0.25) is 0 Å². The molecule has 2 heterocycles. The van der Waals surface area contributed by atoms with Crippen LogP contribution in [0.2, 0.25) is 0 Å². The SMILES string of the molecule is C[N+]1=CC2(c3ccccc3)CCC1c1ccccc12. The first-order chi connectivity index (χ1) is 9.31. The normalized spacial score (nSPS) is 27.8. The molecule has 2 unspecified atom stereocenters. The summed E-state index contributed by atoms with van der Waals surface area (Å²) in [5.74, 6) is 0. The van der Waals surface area contributed by atoms with Gasteiger partial charge in [0.15, 0.2) is 12.3 Å². The van der Waals surface area contributed by atoms with E-state index in [1.165, 1.54) is 29.5 Å². The third-order valence-electron chi connectivity index (χ3n) is 4.82. The summed E-state index contributed by atoms with van der Waals surface area (Å²) < 4.78 is 2.42. The predicted molar refractivity (Wildman–Crippen MR) is 77.9 cm³/mol. The number of hydrogen-bond acceptors (Lipinski definition) is 0.